The molecule has 0 aliphatic carbocycles. The maximum atomic E-state index is 9.33. The van der Waals surface area contributed by atoms with Gasteiger partial charge in [-0.2, -0.15) is 10.5 Å². The number of hydrogen-bond acceptors (Lipinski definition) is 3. The first-order valence-corrected chi connectivity index (χ1v) is 7.24. The van der Waals surface area contributed by atoms with Crippen molar-refractivity contribution >= 4 is 0 Å². The van der Waals surface area contributed by atoms with Gasteiger partial charge < -0.3 is 4.74 Å². The Morgan fingerprint density at radius 2 is 1.86 bits per heavy atom. The lowest BCUT2D eigenvalue weighted by atomic mass is 9.96. The summed E-state index contributed by atoms with van der Waals surface area (Å²) in [5.74, 6) is 0.561. The molecule has 0 saturated heterocycles. The molecule has 2 aromatic carbocycles. The Kier molecular flexibility index (Phi) is 5.17. The van der Waals surface area contributed by atoms with E-state index in [1.807, 2.05) is 37.3 Å². The van der Waals surface area contributed by atoms with E-state index in [1.54, 1.807) is 12.1 Å². The summed E-state index contributed by atoms with van der Waals surface area (Å²) in [5, 5.41) is 18.3. The molecular formula is C19H18N2O. The second kappa shape index (κ2) is 7.29. The van der Waals surface area contributed by atoms with Gasteiger partial charge in [-0.25, -0.2) is 0 Å². The Hall–Kier alpha value is -2.78. The third kappa shape index (κ3) is 3.87. The van der Waals surface area contributed by atoms with E-state index in [0.717, 1.165) is 11.3 Å². The lowest BCUT2D eigenvalue weighted by molar-refractivity contribution is 0.305. The molecule has 0 aliphatic rings. The minimum atomic E-state index is -0.264. The van der Waals surface area contributed by atoms with Gasteiger partial charge in [-0.3, -0.25) is 0 Å². The highest BCUT2D eigenvalue weighted by atomic mass is 16.5. The fraction of sp³-hybridized carbons (Fsp3) is 0.263. The molecule has 22 heavy (non-hydrogen) atoms. The van der Waals surface area contributed by atoms with Crippen molar-refractivity contribution < 1.29 is 4.74 Å². The second-order valence-corrected chi connectivity index (χ2v) is 5.30. The van der Waals surface area contributed by atoms with Crippen molar-refractivity contribution in [2.45, 2.75) is 26.2 Å². The van der Waals surface area contributed by atoms with E-state index in [4.69, 9.17) is 10.00 Å². The van der Waals surface area contributed by atoms with Gasteiger partial charge in [0.25, 0.3) is 0 Å². The van der Waals surface area contributed by atoms with E-state index in [2.05, 4.69) is 19.1 Å². The second-order valence-electron chi connectivity index (χ2n) is 5.30. The molecule has 0 aromatic heterocycles. The van der Waals surface area contributed by atoms with E-state index >= 15 is 0 Å². The molecule has 3 heteroatoms. The average molecular weight is 290 g/mol. The van der Waals surface area contributed by atoms with Crippen molar-refractivity contribution in [3.8, 4) is 17.9 Å². The van der Waals surface area contributed by atoms with Crippen LogP contribution in [-0.4, -0.2) is 6.61 Å². The molecule has 1 unspecified atom stereocenters. The predicted molar refractivity (Wildman–Crippen MR) is 85.5 cm³/mol. The number of ether oxygens (including phenoxy) is 1. The van der Waals surface area contributed by atoms with Crippen LogP contribution in [0.2, 0.25) is 0 Å². The van der Waals surface area contributed by atoms with Crippen molar-refractivity contribution in [3.05, 3.63) is 64.7 Å². The molecule has 3 nitrogen and oxygen atoms in total. The number of hydrogen-bond donors (Lipinski definition) is 0. The van der Waals surface area contributed by atoms with Gasteiger partial charge in [-0.05, 0) is 54.8 Å². The van der Waals surface area contributed by atoms with E-state index < -0.39 is 0 Å². The van der Waals surface area contributed by atoms with E-state index in [1.165, 1.54) is 11.1 Å². The quantitative estimate of drug-likeness (QED) is 0.827. The van der Waals surface area contributed by atoms with Gasteiger partial charge in [0.15, 0.2) is 0 Å². The molecule has 0 amide bonds. The van der Waals surface area contributed by atoms with Gasteiger partial charge in [-0.1, -0.05) is 18.2 Å². The first-order chi connectivity index (χ1) is 10.6. The zero-order chi connectivity index (χ0) is 15.9. The van der Waals surface area contributed by atoms with Crippen LogP contribution >= 0.6 is 0 Å². The van der Waals surface area contributed by atoms with Gasteiger partial charge in [0.1, 0.15) is 5.75 Å². The highest BCUT2D eigenvalue weighted by Gasteiger charge is 2.11. The van der Waals surface area contributed by atoms with Crippen molar-refractivity contribution in [1.82, 2.24) is 0 Å². The molecule has 0 N–H and O–H groups in total. The van der Waals surface area contributed by atoms with Crippen LogP contribution in [-0.2, 0) is 0 Å². The molecule has 0 heterocycles. The topological polar surface area (TPSA) is 56.8 Å². The first-order valence-electron chi connectivity index (χ1n) is 7.24. The van der Waals surface area contributed by atoms with Crippen LogP contribution in [0.1, 0.15) is 34.6 Å². The summed E-state index contributed by atoms with van der Waals surface area (Å²) >= 11 is 0. The van der Waals surface area contributed by atoms with Crippen molar-refractivity contribution in [2.75, 3.05) is 6.61 Å². The molecule has 2 aromatic rings. The number of nitrogens with zero attached hydrogens (tertiary/aromatic N) is 2. The lowest BCUT2D eigenvalue weighted by Gasteiger charge is -2.12. The third-order valence-electron chi connectivity index (χ3n) is 3.73. The fourth-order valence-electron chi connectivity index (χ4n) is 2.23. The monoisotopic (exact) mass is 290 g/mol. The molecule has 0 bridgehead atoms. The summed E-state index contributed by atoms with van der Waals surface area (Å²) in [6.45, 7) is 4.58. The Morgan fingerprint density at radius 3 is 2.55 bits per heavy atom. The maximum absolute atomic E-state index is 9.33. The van der Waals surface area contributed by atoms with Crippen LogP contribution < -0.4 is 4.74 Å². The molecule has 0 aliphatic heterocycles. The third-order valence-corrected chi connectivity index (χ3v) is 3.73. The van der Waals surface area contributed by atoms with Crippen molar-refractivity contribution in [1.29, 1.82) is 10.5 Å². The summed E-state index contributed by atoms with van der Waals surface area (Å²) in [6.07, 6.45) is 0.596. The van der Waals surface area contributed by atoms with Gasteiger partial charge in [0, 0.05) is 6.42 Å². The molecule has 0 radical (unpaired) electrons. The minimum absolute atomic E-state index is 0.264. The predicted octanol–water partition coefficient (Wildman–Crippen LogP) is 4.25. The average Bonchev–Trinajstić information content (AvgIpc) is 2.55. The Balaban J connectivity index is 1.98. The van der Waals surface area contributed by atoms with Crippen LogP contribution in [0, 0.1) is 36.5 Å². The van der Waals surface area contributed by atoms with Gasteiger partial charge in [0.2, 0.25) is 0 Å². The Morgan fingerprint density at radius 1 is 1.05 bits per heavy atom. The molecule has 110 valence electrons. The zero-order valence-corrected chi connectivity index (χ0v) is 12.8. The number of nitriles is 2. The number of benzene rings is 2. The lowest BCUT2D eigenvalue weighted by Crippen LogP contribution is -2.05. The minimum Gasteiger partial charge on any atom is -0.494 e. The molecule has 0 saturated carbocycles. The summed E-state index contributed by atoms with van der Waals surface area (Å²) in [5.41, 5.74) is 3.87. The van der Waals surface area contributed by atoms with Crippen molar-refractivity contribution in [3.63, 3.8) is 0 Å². The number of aryl methyl sites for hydroxylation is 2. The van der Waals surface area contributed by atoms with Gasteiger partial charge in [0.05, 0.1) is 30.2 Å². The molecule has 2 rings (SSSR count). The molecule has 1 atom stereocenters. The normalized spacial score (nSPS) is 11.3. The van der Waals surface area contributed by atoms with E-state index in [-0.39, 0.29) is 5.92 Å². The van der Waals surface area contributed by atoms with Gasteiger partial charge in [-0.15, -0.1) is 0 Å². The van der Waals surface area contributed by atoms with Crippen LogP contribution in [0.4, 0.5) is 0 Å². The zero-order valence-electron chi connectivity index (χ0n) is 12.8. The van der Waals surface area contributed by atoms with E-state index in [9.17, 15) is 5.26 Å². The molecular weight excluding hydrogens is 272 g/mol. The first kappa shape index (κ1) is 15.6. The summed E-state index contributed by atoms with van der Waals surface area (Å²) < 4.78 is 5.74. The van der Waals surface area contributed by atoms with Gasteiger partial charge >= 0.3 is 0 Å². The smallest absolute Gasteiger partial charge is 0.119 e. The largest absolute Gasteiger partial charge is 0.494 e. The van der Waals surface area contributed by atoms with E-state index in [0.29, 0.717) is 18.6 Å². The Labute approximate surface area is 131 Å². The van der Waals surface area contributed by atoms with Crippen LogP contribution in [0.5, 0.6) is 5.75 Å². The van der Waals surface area contributed by atoms with Crippen LogP contribution in [0.3, 0.4) is 0 Å². The highest BCUT2D eigenvalue weighted by molar-refractivity contribution is 5.36. The standard InChI is InChI=1S/C19H18N2O/c1-14-6-7-19(10-15(14)2)22-9-8-18(13-21)17-5-3-4-16(11-17)12-20/h3-7,10-11,18H,8-9H2,1-2H3. The number of rotatable bonds is 5. The maximum Gasteiger partial charge on any atom is 0.119 e. The summed E-state index contributed by atoms with van der Waals surface area (Å²) in [4.78, 5) is 0. The highest BCUT2D eigenvalue weighted by Crippen LogP contribution is 2.21. The summed E-state index contributed by atoms with van der Waals surface area (Å²) in [7, 11) is 0. The SMILES string of the molecule is Cc1ccc(OCCC(C#N)c2cccc(C#N)c2)cc1C. The van der Waals surface area contributed by atoms with Crippen LogP contribution in [0.15, 0.2) is 42.5 Å². The Bertz CT molecular complexity index is 738. The molecule has 0 spiro atoms. The fourth-order valence-corrected chi connectivity index (χ4v) is 2.23. The van der Waals surface area contributed by atoms with Crippen LogP contribution in [0.25, 0.3) is 0 Å². The molecule has 0 fully saturated rings. The summed E-state index contributed by atoms with van der Waals surface area (Å²) in [6, 6.07) is 17.6. The van der Waals surface area contributed by atoms with Crippen molar-refractivity contribution in [2.24, 2.45) is 0 Å².